The Morgan fingerprint density at radius 3 is 2.19 bits per heavy atom. The van der Waals surface area contributed by atoms with Crippen molar-refractivity contribution in [1.29, 1.82) is 0 Å². The molecule has 112 valence electrons. The molecule has 2 aromatic rings. The van der Waals surface area contributed by atoms with Gasteiger partial charge >= 0.3 is 6.36 Å². The van der Waals surface area contributed by atoms with E-state index in [-0.39, 0.29) is 5.75 Å². The molecule has 0 aliphatic heterocycles. The Morgan fingerprint density at radius 1 is 0.952 bits per heavy atom. The molecule has 1 N–H and O–H groups in total. The maximum absolute atomic E-state index is 12.0. The lowest BCUT2D eigenvalue weighted by Gasteiger charge is -2.10. The predicted octanol–water partition coefficient (Wildman–Crippen LogP) is 5.50. The Balaban J connectivity index is 1.96. The number of nitrogens with one attached hydrogen (secondary N) is 1. The van der Waals surface area contributed by atoms with Crippen LogP contribution in [0.1, 0.15) is 5.56 Å². The summed E-state index contributed by atoms with van der Waals surface area (Å²) in [6.45, 7) is 0.435. The first-order valence-electron chi connectivity index (χ1n) is 5.87. The molecule has 0 unspecified atom stereocenters. The topological polar surface area (TPSA) is 21.3 Å². The van der Waals surface area contributed by atoms with Gasteiger partial charge in [-0.25, -0.2) is 0 Å². The first-order valence-corrected chi connectivity index (χ1v) is 6.63. The molecular weight excluding hydrogens is 326 g/mol. The largest absolute Gasteiger partial charge is 0.573 e. The van der Waals surface area contributed by atoms with Crippen molar-refractivity contribution in [2.24, 2.45) is 0 Å². The van der Waals surface area contributed by atoms with E-state index >= 15 is 0 Å². The molecule has 0 heterocycles. The van der Waals surface area contributed by atoms with E-state index in [9.17, 15) is 13.2 Å². The van der Waals surface area contributed by atoms with Gasteiger partial charge in [-0.1, -0.05) is 35.3 Å². The van der Waals surface area contributed by atoms with Crippen molar-refractivity contribution in [2.45, 2.75) is 12.9 Å². The van der Waals surface area contributed by atoms with Crippen molar-refractivity contribution < 1.29 is 17.9 Å². The summed E-state index contributed by atoms with van der Waals surface area (Å²) < 4.78 is 39.9. The predicted molar refractivity (Wildman–Crippen MR) is 76.9 cm³/mol. The zero-order valence-electron chi connectivity index (χ0n) is 10.5. The second-order valence-corrected chi connectivity index (χ2v) is 4.99. The van der Waals surface area contributed by atoms with Crippen LogP contribution in [-0.2, 0) is 6.54 Å². The highest BCUT2D eigenvalue weighted by atomic mass is 35.5. The minimum atomic E-state index is -4.68. The Morgan fingerprint density at radius 2 is 1.62 bits per heavy atom. The van der Waals surface area contributed by atoms with E-state index in [1.165, 1.54) is 12.1 Å². The number of anilines is 1. The summed E-state index contributed by atoms with van der Waals surface area (Å²) >= 11 is 11.7. The molecule has 21 heavy (non-hydrogen) atoms. The zero-order chi connectivity index (χ0) is 15.5. The van der Waals surface area contributed by atoms with Gasteiger partial charge < -0.3 is 10.1 Å². The van der Waals surface area contributed by atoms with Crippen LogP contribution >= 0.6 is 23.2 Å². The SMILES string of the molecule is FC(F)(F)Oc1ccc(CNc2ccc(Cl)c(Cl)c2)cc1. The number of benzene rings is 2. The fourth-order valence-corrected chi connectivity index (χ4v) is 1.92. The smallest absolute Gasteiger partial charge is 0.406 e. The maximum atomic E-state index is 12.0. The monoisotopic (exact) mass is 335 g/mol. The first kappa shape index (κ1) is 15.8. The Hall–Kier alpha value is -1.59. The van der Waals surface area contributed by atoms with Crippen LogP contribution in [0.3, 0.4) is 0 Å². The fraction of sp³-hybridized carbons (Fsp3) is 0.143. The van der Waals surface area contributed by atoms with E-state index in [4.69, 9.17) is 23.2 Å². The molecule has 2 aromatic carbocycles. The van der Waals surface area contributed by atoms with Gasteiger partial charge in [-0.15, -0.1) is 13.2 Å². The molecule has 0 radical (unpaired) electrons. The summed E-state index contributed by atoms with van der Waals surface area (Å²) in [6.07, 6.45) is -4.68. The minimum absolute atomic E-state index is 0.249. The van der Waals surface area contributed by atoms with E-state index < -0.39 is 6.36 Å². The summed E-state index contributed by atoms with van der Waals surface area (Å²) in [5.41, 5.74) is 1.57. The number of halogens is 5. The highest BCUT2D eigenvalue weighted by Crippen LogP contribution is 2.26. The van der Waals surface area contributed by atoms with E-state index in [0.717, 1.165) is 11.3 Å². The molecule has 0 spiro atoms. The number of hydrogen-bond acceptors (Lipinski definition) is 2. The Bertz CT molecular complexity index is 615. The Labute approximate surface area is 129 Å². The fourth-order valence-electron chi connectivity index (χ4n) is 1.62. The molecule has 0 aliphatic carbocycles. The van der Waals surface area contributed by atoms with Crippen molar-refractivity contribution in [3.63, 3.8) is 0 Å². The lowest BCUT2D eigenvalue weighted by Crippen LogP contribution is -2.17. The third kappa shape index (κ3) is 5.02. The second-order valence-electron chi connectivity index (χ2n) is 4.17. The third-order valence-corrected chi connectivity index (χ3v) is 3.31. The van der Waals surface area contributed by atoms with Crippen molar-refractivity contribution in [3.8, 4) is 5.75 Å². The van der Waals surface area contributed by atoms with Gasteiger partial charge in [-0.2, -0.15) is 0 Å². The highest BCUT2D eigenvalue weighted by molar-refractivity contribution is 6.42. The van der Waals surface area contributed by atoms with Crippen LogP contribution in [-0.4, -0.2) is 6.36 Å². The van der Waals surface area contributed by atoms with Crippen LogP contribution in [0.15, 0.2) is 42.5 Å². The van der Waals surface area contributed by atoms with E-state index in [1.807, 2.05) is 0 Å². The molecular formula is C14H10Cl2F3NO. The van der Waals surface area contributed by atoms with Crippen LogP contribution < -0.4 is 10.1 Å². The van der Waals surface area contributed by atoms with Gasteiger partial charge in [-0.05, 0) is 35.9 Å². The van der Waals surface area contributed by atoms with Crippen molar-refractivity contribution in [3.05, 3.63) is 58.1 Å². The van der Waals surface area contributed by atoms with Crippen LogP contribution in [0.25, 0.3) is 0 Å². The first-order chi connectivity index (χ1) is 9.83. The minimum Gasteiger partial charge on any atom is -0.406 e. The summed E-state index contributed by atoms with van der Waals surface area (Å²) in [7, 11) is 0. The lowest BCUT2D eigenvalue weighted by molar-refractivity contribution is -0.274. The molecule has 0 aromatic heterocycles. The molecule has 0 aliphatic rings. The zero-order valence-corrected chi connectivity index (χ0v) is 12.1. The average molecular weight is 336 g/mol. The average Bonchev–Trinajstić information content (AvgIpc) is 2.40. The van der Waals surface area contributed by atoms with Gasteiger partial charge in [0.2, 0.25) is 0 Å². The molecule has 0 saturated carbocycles. The van der Waals surface area contributed by atoms with E-state index in [2.05, 4.69) is 10.1 Å². The number of rotatable bonds is 4. The molecule has 0 atom stereocenters. The van der Waals surface area contributed by atoms with Gasteiger partial charge in [0.05, 0.1) is 10.0 Å². The lowest BCUT2D eigenvalue weighted by atomic mass is 10.2. The molecule has 2 nitrogen and oxygen atoms in total. The van der Waals surface area contributed by atoms with Gasteiger partial charge in [0.25, 0.3) is 0 Å². The van der Waals surface area contributed by atoms with Crippen LogP contribution in [0.2, 0.25) is 10.0 Å². The number of ether oxygens (including phenoxy) is 1. The van der Waals surface area contributed by atoms with Crippen LogP contribution in [0.5, 0.6) is 5.75 Å². The second kappa shape index (κ2) is 6.45. The van der Waals surface area contributed by atoms with Crippen molar-refractivity contribution >= 4 is 28.9 Å². The quantitative estimate of drug-likeness (QED) is 0.796. The molecule has 0 fully saturated rings. The van der Waals surface area contributed by atoms with Crippen LogP contribution in [0.4, 0.5) is 18.9 Å². The van der Waals surface area contributed by atoms with E-state index in [0.29, 0.717) is 16.6 Å². The molecule has 0 amide bonds. The highest BCUT2D eigenvalue weighted by Gasteiger charge is 2.30. The Kier molecular flexibility index (Phi) is 4.85. The van der Waals surface area contributed by atoms with Gasteiger partial charge in [0.1, 0.15) is 5.75 Å². The standard InChI is InChI=1S/C14H10Cl2F3NO/c15-12-6-3-10(7-13(12)16)20-8-9-1-4-11(5-2-9)21-14(17,18)19/h1-7,20H,8H2. The third-order valence-electron chi connectivity index (χ3n) is 2.57. The summed E-state index contributed by atoms with van der Waals surface area (Å²) in [4.78, 5) is 0. The molecule has 2 rings (SSSR count). The summed E-state index contributed by atoms with van der Waals surface area (Å²) in [5, 5.41) is 3.97. The normalized spacial score (nSPS) is 11.3. The van der Waals surface area contributed by atoms with Crippen molar-refractivity contribution in [1.82, 2.24) is 0 Å². The number of alkyl halides is 3. The maximum Gasteiger partial charge on any atom is 0.573 e. The van der Waals surface area contributed by atoms with Gasteiger partial charge in [-0.3, -0.25) is 0 Å². The van der Waals surface area contributed by atoms with Gasteiger partial charge in [0.15, 0.2) is 0 Å². The van der Waals surface area contributed by atoms with Crippen molar-refractivity contribution in [2.75, 3.05) is 5.32 Å². The molecule has 0 saturated heterocycles. The molecule has 0 bridgehead atoms. The summed E-state index contributed by atoms with van der Waals surface area (Å²) in [6, 6.07) is 10.7. The summed E-state index contributed by atoms with van der Waals surface area (Å²) in [5.74, 6) is -0.249. The van der Waals surface area contributed by atoms with Crippen LogP contribution in [0, 0.1) is 0 Å². The molecule has 7 heteroatoms. The van der Waals surface area contributed by atoms with E-state index in [1.54, 1.807) is 30.3 Å². The number of hydrogen-bond donors (Lipinski definition) is 1. The van der Waals surface area contributed by atoms with Gasteiger partial charge in [0, 0.05) is 12.2 Å².